The van der Waals surface area contributed by atoms with Gasteiger partial charge in [-0.3, -0.25) is 4.79 Å². The summed E-state index contributed by atoms with van der Waals surface area (Å²) in [6.07, 6.45) is 1.86. The average molecular weight is 364 g/mol. The number of carbonyl (C=O) groups excluding carboxylic acids is 1. The predicted molar refractivity (Wildman–Crippen MR) is 95.7 cm³/mol. The molecule has 1 aromatic rings. The summed E-state index contributed by atoms with van der Waals surface area (Å²) in [5.41, 5.74) is 2.30. The van der Waals surface area contributed by atoms with E-state index in [1.165, 1.54) is 17.3 Å². The fraction of sp³-hybridized carbons (Fsp3) is 0.529. The summed E-state index contributed by atoms with van der Waals surface area (Å²) in [5.74, 6) is 0.383. The lowest BCUT2D eigenvalue weighted by Gasteiger charge is -2.24. The van der Waals surface area contributed by atoms with E-state index in [9.17, 15) is 13.2 Å². The van der Waals surface area contributed by atoms with Crippen LogP contribution in [0.15, 0.2) is 29.3 Å². The molecular formula is C17H20N2O3S2. The Labute approximate surface area is 146 Å². The van der Waals surface area contributed by atoms with Crippen molar-refractivity contribution in [3.63, 3.8) is 0 Å². The van der Waals surface area contributed by atoms with Gasteiger partial charge in [0.25, 0.3) is 5.91 Å². The van der Waals surface area contributed by atoms with Gasteiger partial charge in [0.1, 0.15) is 0 Å². The zero-order valence-electron chi connectivity index (χ0n) is 13.5. The normalized spacial score (nSPS) is 29.9. The van der Waals surface area contributed by atoms with E-state index in [-0.39, 0.29) is 34.6 Å². The van der Waals surface area contributed by atoms with Crippen LogP contribution in [0.3, 0.4) is 0 Å². The second kappa shape index (κ2) is 5.88. The Hall–Kier alpha value is -1.34. The molecule has 3 fully saturated rings. The van der Waals surface area contributed by atoms with Gasteiger partial charge < -0.3 is 4.90 Å². The quantitative estimate of drug-likeness (QED) is 0.821. The molecule has 0 bridgehead atoms. The minimum absolute atomic E-state index is 0.00815. The molecule has 0 radical (unpaired) electrons. The highest BCUT2D eigenvalue weighted by Crippen LogP contribution is 2.40. The minimum atomic E-state index is -3.00. The van der Waals surface area contributed by atoms with Crippen molar-refractivity contribution in [2.24, 2.45) is 10.9 Å². The van der Waals surface area contributed by atoms with Crippen LogP contribution in [0.4, 0.5) is 0 Å². The van der Waals surface area contributed by atoms with E-state index in [0.29, 0.717) is 11.7 Å². The van der Waals surface area contributed by atoms with Crippen molar-refractivity contribution in [2.75, 3.05) is 11.5 Å². The van der Waals surface area contributed by atoms with Crippen LogP contribution in [-0.4, -0.2) is 47.2 Å². The molecule has 7 heteroatoms. The Morgan fingerprint density at radius 3 is 2.62 bits per heavy atom. The number of nitrogens with zero attached hydrogens (tertiary/aromatic N) is 2. The Balaban J connectivity index is 1.61. The number of sulfone groups is 1. The van der Waals surface area contributed by atoms with Crippen molar-refractivity contribution in [2.45, 2.75) is 37.6 Å². The lowest BCUT2D eigenvalue weighted by molar-refractivity contribution is -0.118. The molecule has 0 aromatic heterocycles. The number of aliphatic imine (C=N–C) groups is 1. The summed E-state index contributed by atoms with van der Waals surface area (Å²) in [7, 11) is -3.00. The lowest BCUT2D eigenvalue weighted by Crippen LogP contribution is -2.37. The van der Waals surface area contributed by atoms with Crippen LogP contribution in [0, 0.1) is 12.8 Å². The van der Waals surface area contributed by atoms with Gasteiger partial charge in [-0.1, -0.05) is 41.6 Å². The summed E-state index contributed by atoms with van der Waals surface area (Å²) >= 11 is 1.46. The third kappa shape index (κ3) is 3.24. The molecule has 1 aromatic carbocycles. The summed E-state index contributed by atoms with van der Waals surface area (Å²) in [6.45, 7) is 2.64. The SMILES string of the molecule is Cc1ccc(CN2C(=NC(=O)C3CC3)S[C@H]3CS(=O)(=O)C[C@H]32)cc1. The van der Waals surface area contributed by atoms with E-state index >= 15 is 0 Å². The standard InChI is InChI=1S/C17H20N2O3S2/c1-11-2-4-12(5-3-11)8-19-14-9-24(21,22)10-15(14)23-17(19)18-16(20)13-6-7-13/h2-5,13-15H,6-10H2,1H3/t14-,15+/m1/s1. The van der Waals surface area contributed by atoms with Gasteiger partial charge >= 0.3 is 0 Å². The predicted octanol–water partition coefficient (Wildman–Crippen LogP) is 2.00. The highest BCUT2D eigenvalue weighted by Gasteiger charge is 2.49. The summed E-state index contributed by atoms with van der Waals surface area (Å²) in [4.78, 5) is 18.5. The Kier molecular flexibility index (Phi) is 3.95. The van der Waals surface area contributed by atoms with Gasteiger partial charge in [0.05, 0.1) is 17.5 Å². The first kappa shape index (κ1) is 16.1. The Morgan fingerprint density at radius 1 is 1.25 bits per heavy atom. The maximum Gasteiger partial charge on any atom is 0.251 e. The summed E-state index contributed by atoms with van der Waals surface area (Å²) in [6, 6.07) is 8.13. The highest BCUT2D eigenvalue weighted by atomic mass is 32.2. The van der Waals surface area contributed by atoms with Crippen molar-refractivity contribution in [3.8, 4) is 0 Å². The smallest absolute Gasteiger partial charge is 0.251 e. The summed E-state index contributed by atoms with van der Waals surface area (Å²) in [5, 5.41) is 0.698. The van der Waals surface area contributed by atoms with Gasteiger partial charge in [-0.05, 0) is 25.3 Å². The van der Waals surface area contributed by atoms with E-state index in [1.807, 2.05) is 24.0 Å². The first-order valence-electron chi connectivity index (χ1n) is 8.23. The van der Waals surface area contributed by atoms with Crippen molar-refractivity contribution in [1.82, 2.24) is 4.90 Å². The molecule has 128 valence electrons. The van der Waals surface area contributed by atoms with Crippen molar-refractivity contribution < 1.29 is 13.2 Å². The van der Waals surface area contributed by atoms with Gasteiger partial charge in [-0.25, -0.2) is 8.42 Å². The fourth-order valence-electron chi connectivity index (χ4n) is 3.23. The number of hydrogen-bond acceptors (Lipinski definition) is 4. The van der Waals surface area contributed by atoms with Crippen LogP contribution in [0.5, 0.6) is 0 Å². The van der Waals surface area contributed by atoms with Gasteiger partial charge in [0.2, 0.25) is 0 Å². The van der Waals surface area contributed by atoms with Crippen molar-refractivity contribution in [3.05, 3.63) is 35.4 Å². The fourth-order valence-corrected chi connectivity index (χ4v) is 7.18. The average Bonchev–Trinajstić information content (AvgIpc) is 3.26. The third-order valence-electron chi connectivity index (χ3n) is 4.78. The van der Waals surface area contributed by atoms with Gasteiger partial charge in [0, 0.05) is 17.7 Å². The van der Waals surface area contributed by atoms with Crippen LogP contribution < -0.4 is 0 Å². The molecule has 2 saturated heterocycles. The highest BCUT2D eigenvalue weighted by molar-refractivity contribution is 8.15. The Morgan fingerprint density at radius 2 is 1.96 bits per heavy atom. The molecule has 2 atom stereocenters. The Bertz CT molecular complexity index is 798. The topological polar surface area (TPSA) is 66.8 Å². The molecule has 2 heterocycles. The van der Waals surface area contributed by atoms with Gasteiger partial charge in [-0.2, -0.15) is 4.99 Å². The second-order valence-electron chi connectivity index (χ2n) is 6.92. The largest absolute Gasteiger partial charge is 0.342 e. The van der Waals surface area contributed by atoms with Crippen LogP contribution in [0.1, 0.15) is 24.0 Å². The van der Waals surface area contributed by atoms with E-state index in [1.54, 1.807) is 0 Å². The van der Waals surface area contributed by atoms with Crippen LogP contribution in [0.25, 0.3) is 0 Å². The van der Waals surface area contributed by atoms with Crippen LogP contribution >= 0.6 is 11.8 Å². The van der Waals surface area contributed by atoms with Crippen molar-refractivity contribution in [1.29, 1.82) is 0 Å². The molecule has 4 rings (SSSR count). The monoisotopic (exact) mass is 364 g/mol. The van der Waals surface area contributed by atoms with E-state index in [0.717, 1.165) is 18.4 Å². The number of fused-ring (bicyclic) bond motifs is 1. The number of aryl methyl sites for hydroxylation is 1. The van der Waals surface area contributed by atoms with E-state index in [2.05, 4.69) is 17.1 Å². The number of benzene rings is 1. The molecule has 1 saturated carbocycles. The lowest BCUT2D eigenvalue weighted by atomic mass is 10.1. The second-order valence-corrected chi connectivity index (χ2v) is 10.3. The van der Waals surface area contributed by atoms with Crippen molar-refractivity contribution >= 4 is 32.7 Å². The number of amidine groups is 1. The van der Waals surface area contributed by atoms with Gasteiger partial charge in [-0.15, -0.1) is 0 Å². The maximum atomic E-state index is 12.1. The first-order chi connectivity index (χ1) is 11.4. The van der Waals surface area contributed by atoms with E-state index in [4.69, 9.17) is 0 Å². The number of rotatable bonds is 3. The zero-order valence-corrected chi connectivity index (χ0v) is 15.1. The molecular weight excluding hydrogens is 344 g/mol. The van der Waals surface area contributed by atoms with Crippen LogP contribution in [-0.2, 0) is 21.2 Å². The molecule has 2 aliphatic heterocycles. The molecule has 3 aliphatic rings. The number of thioether (sulfide) groups is 1. The maximum absolute atomic E-state index is 12.1. The molecule has 0 N–H and O–H groups in total. The summed E-state index contributed by atoms with van der Waals surface area (Å²) < 4.78 is 24.0. The molecule has 0 spiro atoms. The van der Waals surface area contributed by atoms with Crippen LogP contribution in [0.2, 0.25) is 0 Å². The molecule has 24 heavy (non-hydrogen) atoms. The molecule has 1 amide bonds. The minimum Gasteiger partial charge on any atom is -0.342 e. The number of hydrogen-bond donors (Lipinski definition) is 0. The van der Waals surface area contributed by atoms with Gasteiger partial charge in [0.15, 0.2) is 15.0 Å². The van der Waals surface area contributed by atoms with E-state index < -0.39 is 9.84 Å². The number of amides is 1. The first-order valence-corrected chi connectivity index (χ1v) is 10.9. The molecule has 0 unspecified atom stereocenters. The number of carbonyl (C=O) groups is 1. The third-order valence-corrected chi connectivity index (χ3v) is 8.03. The molecule has 1 aliphatic carbocycles. The molecule has 5 nitrogen and oxygen atoms in total. The zero-order chi connectivity index (χ0) is 16.9.